The Morgan fingerprint density at radius 3 is 2.19 bits per heavy atom. The van der Waals surface area contributed by atoms with Crippen molar-refractivity contribution >= 4 is 27.5 Å². The molecule has 0 aliphatic rings. The van der Waals surface area contributed by atoms with Gasteiger partial charge in [-0.05, 0) is 66.8 Å². The Morgan fingerprint density at radius 1 is 0.953 bits per heavy atom. The fourth-order valence-corrected chi connectivity index (χ4v) is 5.98. The standard InChI is InChI=1S/C32H40FN3O6S/c1-7-28(32(38)34-19-22(2)3)35(20-24-11-9-8-10-23(24)4)31(37)21-36(26-14-12-25(33)13-15-26)43(39,40)27-16-17-29(41-5)30(18-27)42-6/h8-18,22,28H,7,19-21H2,1-6H3,(H,34,38)/t28-/m1/s1. The second kappa shape index (κ2) is 14.9. The highest BCUT2D eigenvalue weighted by Crippen LogP contribution is 2.32. The summed E-state index contributed by atoms with van der Waals surface area (Å²) >= 11 is 0. The van der Waals surface area contributed by atoms with Crippen LogP contribution in [0.15, 0.2) is 71.6 Å². The number of sulfonamides is 1. The van der Waals surface area contributed by atoms with Crippen LogP contribution in [0.25, 0.3) is 0 Å². The van der Waals surface area contributed by atoms with Gasteiger partial charge in [-0.15, -0.1) is 0 Å². The van der Waals surface area contributed by atoms with Crippen molar-refractivity contribution < 1.29 is 31.9 Å². The van der Waals surface area contributed by atoms with Crippen LogP contribution in [-0.2, 0) is 26.2 Å². The van der Waals surface area contributed by atoms with Crippen molar-refractivity contribution in [3.63, 3.8) is 0 Å². The van der Waals surface area contributed by atoms with Crippen LogP contribution in [0.4, 0.5) is 10.1 Å². The molecule has 9 nitrogen and oxygen atoms in total. The lowest BCUT2D eigenvalue weighted by Gasteiger charge is -2.33. The van der Waals surface area contributed by atoms with E-state index in [4.69, 9.17) is 9.47 Å². The van der Waals surface area contributed by atoms with E-state index in [-0.39, 0.29) is 34.7 Å². The molecule has 0 unspecified atom stereocenters. The van der Waals surface area contributed by atoms with E-state index < -0.39 is 34.3 Å². The van der Waals surface area contributed by atoms with Crippen molar-refractivity contribution in [3.05, 3.63) is 83.7 Å². The number of ether oxygens (including phenoxy) is 2. The largest absolute Gasteiger partial charge is 0.493 e. The number of aryl methyl sites for hydroxylation is 1. The molecule has 3 aromatic carbocycles. The molecular formula is C32H40FN3O6S. The molecule has 0 fully saturated rings. The van der Waals surface area contributed by atoms with E-state index in [1.54, 1.807) is 6.92 Å². The van der Waals surface area contributed by atoms with Crippen molar-refractivity contribution in [1.82, 2.24) is 10.2 Å². The summed E-state index contributed by atoms with van der Waals surface area (Å²) in [5, 5.41) is 2.91. The highest BCUT2D eigenvalue weighted by atomic mass is 32.2. The van der Waals surface area contributed by atoms with E-state index in [0.717, 1.165) is 27.6 Å². The minimum atomic E-state index is -4.38. The molecule has 0 radical (unpaired) electrons. The number of nitrogens with one attached hydrogen (secondary N) is 1. The lowest BCUT2D eigenvalue weighted by molar-refractivity contribution is -0.140. The SMILES string of the molecule is CC[C@H](C(=O)NCC(C)C)N(Cc1ccccc1C)C(=O)CN(c1ccc(F)cc1)S(=O)(=O)c1ccc(OC)c(OC)c1. The average Bonchev–Trinajstić information content (AvgIpc) is 2.99. The molecule has 0 saturated heterocycles. The molecule has 3 rings (SSSR count). The summed E-state index contributed by atoms with van der Waals surface area (Å²) in [6, 6.07) is 15.6. The third-order valence-electron chi connectivity index (χ3n) is 7.01. The molecule has 43 heavy (non-hydrogen) atoms. The maximum atomic E-state index is 14.2. The Labute approximate surface area is 253 Å². The van der Waals surface area contributed by atoms with Crippen LogP contribution in [-0.4, -0.2) is 58.5 Å². The topological polar surface area (TPSA) is 105 Å². The van der Waals surface area contributed by atoms with E-state index in [1.807, 2.05) is 45.0 Å². The number of benzene rings is 3. The number of carbonyl (C=O) groups is 2. The molecular weight excluding hydrogens is 573 g/mol. The number of hydrogen-bond donors (Lipinski definition) is 1. The molecule has 0 aromatic heterocycles. The summed E-state index contributed by atoms with van der Waals surface area (Å²) in [6.07, 6.45) is 0.306. The zero-order valence-electron chi connectivity index (χ0n) is 25.5. The van der Waals surface area contributed by atoms with Crippen LogP contribution in [0.1, 0.15) is 38.3 Å². The van der Waals surface area contributed by atoms with Crippen molar-refractivity contribution in [1.29, 1.82) is 0 Å². The van der Waals surface area contributed by atoms with Crippen LogP contribution in [0.2, 0.25) is 0 Å². The first-order valence-electron chi connectivity index (χ1n) is 14.0. The predicted molar refractivity (Wildman–Crippen MR) is 164 cm³/mol. The van der Waals surface area contributed by atoms with E-state index in [2.05, 4.69) is 5.32 Å². The van der Waals surface area contributed by atoms with Gasteiger partial charge >= 0.3 is 0 Å². The lowest BCUT2D eigenvalue weighted by Crippen LogP contribution is -2.52. The van der Waals surface area contributed by atoms with Gasteiger partial charge in [-0.25, -0.2) is 12.8 Å². The molecule has 1 N–H and O–H groups in total. The molecule has 0 spiro atoms. The predicted octanol–water partition coefficient (Wildman–Crippen LogP) is 4.93. The number of hydrogen-bond acceptors (Lipinski definition) is 6. The first-order chi connectivity index (χ1) is 20.4. The molecule has 0 bridgehead atoms. The van der Waals surface area contributed by atoms with Gasteiger partial charge in [0.25, 0.3) is 10.0 Å². The summed E-state index contributed by atoms with van der Waals surface area (Å²) < 4.78 is 53.5. The lowest BCUT2D eigenvalue weighted by atomic mass is 10.1. The van der Waals surface area contributed by atoms with Gasteiger partial charge in [0.15, 0.2) is 11.5 Å². The van der Waals surface area contributed by atoms with Crippen LogP contribution >= 0.6 is 0 Å². The van der Waals surface area contributed by atoms with Gasteiger partial charge in [0, 0.05) is 19.2 Å². The second-order valence-electron chi connectivity index (χ2n) is 10.5. The van der Waals surface area contributed by atoms with E-state index in [0.29, 0.717) is 18.7 Å². The van der Waals surface area contributed by atoms with Gasteiger partial charge in [0.2, 0.25) is 11.8 Å². The van der Waals surface area contributed by atoms with E-state index in [1.165, 1.54) is 49.5 Å². The number of amides is 2. The first kappa shape index (κ1) is 33.4. The molecule has 11 heteroatoms. The summed E-state index contributed by atoms with van der Waals surface area (Å²) in [6.45, 7) is 7.53. The molecule has 1 atom stereocenters. The van der Waals surface area contributed by atoms with Crippen molar-refractivity contribution in [2.45, 2.75) is 51.6 Å². The maximum Gasteiger partial charge on any atom is 0.264 e. The quantitative estimate of drug-likeness (QED) is 0.277. The zero-order chi connectivity index (χ0) is 31.7. The molecule has 3 aromatic rings. The Balaban J connectivity index is 2.09. The summed E-state index contributed by atoms with van der Waals surface area (Å²) in [7, 11) is -1.57. The minimum Gasteiger partial charge on any atom is -0.493 e. The number of anilines is 1. The van der Waals surface area contributed by atoms with Gasteiger partial charge in [-0.3, -0.25) is 13.9 Å². The number of carbonyl (C=O) groups excluding carboxylic acids is 2. The smallest absolute Gasteiger partial charge is 0.264 e. The van der Waals surface area contributed by atoms with Gasteiger partial charge < -0.3 is 19.7 Å². The molecule has 232 valence electrons. The number of rotatable bonds is 14. The van der Waals surface area contributed by atoms with Crippen LogP contribution in [0.5, 0.6) is 11.5 Å². The highest BCUT2D eigenvalue weighted by Gasteiger charge is 2.34. The highest BCUT2D eigenvalue weighted by molar-refractivity contribution is 7.92. The van der Waals surface area contributed by atoms with E-state index in [9.17, 15) is 22.4 Å². The number of halogens is 1. The van der Waals surface area contributed by atoms with E-state index >= 15 is 0 Å². The van der Waals surface area contributed by atoms with Gasteiger partial charge in [0.1, 0.15) is 18.4 Å². The Bertz CT molecular complexity index is 1510. The zero-order valence-corrected chi connectivity index (χ0v) is 26.3. The van der Waals surface area contributed by atoms with Crippen molar-refractivity contribution in [2.75, 3.05) is 31.6 Å². The molecule has 0 aliphatic carbocycles. The molecule has 0 heterocycles. The first-order valence-corrected chi connectivity index (χ1v) is 15.5. The summed E-state index contributed by atoms with van der Waals surface area (Å²) in [4.78, 5) is 28.8. The normalized spacial score (nSPS) is 12.0. The number of nitrogens with zero attached hydrogens (tertiary/aromatic N) is 2. The number of methoxy groups -OCH3 is 2. The maximum absolute atomic E-state index is 14.2. The Hall–Kier alpha value is -4.12. The fourth-order valence-electron chi connectivity index (χ4n) is 4.55. The Morgan fingerprint density at radius 2 is 1.60 bits per heavy atom. The van der Waals surface area contributed by atoms with Crippen molar-refractivity contribution in [3.8, 4) is 11.5 Å². The van der Waals surface area contributed by atoms with Crippen LogP contribution < -0.4 is 19.1 Å². The summed E-state index contributed by atoms with van der Waals surface area (Å²) in [5.41, 5.74) is 1.82. The third-order valence-corrected chi connectivity index (χ3v) is 8.78. The molecule has 0 saturated carbocycles. The van der Waals surface area contributed by atoms with Gasteiger partial charge in [0.05, 0.1) is 24.8 Å². The van der Waals surface area contributed by atoms with Gasteiger partial charge in [-0.1, -0.05) is 45.0 Å². The van der Waals surface area contributed by atoms with Gasteiger partial charge in [-0.2, -0.15) is 0 Å². The van der Waals surface area contributed by atoms with Crippen LogP contribution in [0, 0.1) is 18.7 Å². The minimum absolute atomic E-state index is 0.0812. The van der Waals surface area contributed by atoms with Crippen LogP contribution in [0.3, 0.4) is 0 Å². The fraction of sp³-hybridized carbons (Fsp3) is 0.375. The Kier molecular flexibility index (Phi) is 11.5. The summed E-state index contributed by atoms with van der Waals surface area (Å²) in [5.74, 6) is -0.774. The average molecular weight is 614 g/mol. The monoisotopic (exact) mass is 613 g/mol. The molecule has 0 aliphatic heterocycles. The second-order valence-corrected chi connectivity index (χ2v) is 12.4. The molecule has 2 amide bonds. The van der Waals surface area contributed by atoms with Crippen molar-refractivity contribution in [2.24, 2.45) is 5.92 Å². The third kappa shape index (κ3) is 8.25.